The average Bonchev–Trinajstić information content (AvgIpc) is 2.00. The first-order valence-corrected chi connectivity index (χ1v) is 4.13. The Bertz CT molecular complexity index is 111. The minimum absolute atomic E-state index is 0.0289. The summed E-state index contributed by atoms with van der Waals surface area (Å²) >= 11 is 5.87. The molecule has 0 amide bonds. The zero-order valence-corrected chi connectivity index (χ0v) is 7.86. The summed E-state index contributed by atoms with van der Waals surface area (Å²) in [4.78, 5) is -0.566. The first-order chi connectivity index (χ1) is 5.02. The number of aliphatic hydroxyl groups excluding tert-OH is 1. The molecule has 2 atom stereocenters. The molecule has 0 saturated carbocycles. The molecule has 2 N–H and O–H groups in total. The maximum atomic E-state index is 8.78. The van der Waals surface area contributed by atoms with Crippen LogP contribution in [0.2, 0.25) is 6.32 Å². The van der Waals surface area contributed by atoms with E-state index in [0.717, 1.165) is 0 Å². The van der Waals surface area contributed by atoms with Gasteiger partial charge in [-0.15, -0.1) is 11.6 Å². The molecule has 0 rings (SSSR count). The summed E-state index contributed by atoms with van der Waals surface area (Å²) in [7, 11) is 5.37. The van der Waals surface area contributed by atoms with Gasteiger partial charge in [0.2, 0.25) is 0 Å². The number of nitrogens with one attached hydrogen (secondary N) is 1. The van der Waals surface area contributed by atoms with Crippen molar-refractivity contribution in [3.63, 3.8) is 0 Å². The van der Waals surface area contributed by atoms with Crippen molar-refractivity contribution in [2.24, 2.45) is 0 Å². The fourth-order valence-electron chi connectivity index (χ4n) is 0.526. The first-order valence-electron chi connectivity index (χ1n) is 3.75. The molecule has 0 bridgehead atoms. The number of aliphatic hydroxyl groups is 1. The van der Waals surface area contributed by atoms with Crippen molar-refractivity contribution in [1.82, 2.24) is 5.32 Å². The van der Waals surface area contributed by atoms with Gasteiger partial charge in [-0.3, -0.25) is 0 Å². The van der Waals surface area contributed by atoms with Gasteiger partial charge in [-0.25, -0.2) is 0 Å². The summed E-state index contributed by atoms with van der Waals surface area (Å²) in [6, 6.07) is 0.250. The third-order valence-corrected chi connectivity index (χ3v) is 1.76. The number of rotatable bonds is 5. The van der Waals surface area contributed by atoms with Crippen LogP contribution in [0.5, 0.6) is 0 Å². The van der Waals surface area contributed by atoms with Crippen LogP contribution in [0.25, 0.3) is 0 Å². The third-order valence-electron chi connectivity index (χ3n) is 1.50. The molecule has 0 saturated heterocycles. The highest BCUT2D eigenvalue weighted by molar-refractivity contribution is 6.24. The highest BCUT2D eigenvalue weighted by Crippen LogP contribution is 2.11. The lowest BCUT2D eigenvalue weighted by Crippen LogP contribution is -2.40. The summed E-state index contributed by atoms with van der Waals surface area (Å²) in [6.07, 6.45) is 0.582. The zero-order chi connectivity index (χ0) is 8.91. The van der Waals surface area contributed by atoms with Crippen LogP contribution in [0.4, 0.5) is 0 Å². The van der Waals surface area contributed by atoms with Crippen LogP contribution >= 0.6 is 11.6 Å². The van der Waals surface area contributed by atoms with Gasteiger partial charge in [0.15, 0.2) is 0 Å². The van der Waals surface area contributed by atoms with Gasteiger partial charge in [0.25, 0.3) is 0 Å². The SMILES string of the molecule is [B]CC(C)NCC(C)(Cl)CO. The number of halogens is 1. The van der Waals surface area contributed by atoms with Crippen molar-refractivity contribution in [2.45, 2.75) is 31.1 Å². The van der Waals surface area contributed by atoms with Crippen molar-refractivity contribution in [3.05, 3.63) is 0 Å². The molecule has 0 fully saturated rings. The summed E-state index contributed by atoms with van der Waals surface area (Å²) in [5.74, 6) is 0. The number of hydrogen-bond acceptors (Lipinski definition) is 2. The van der Waals surface area contributed by atoms with Crippen LogP contribution in [0.15, 0.2) is 0 Å². The fourth-order valence-corrected chi connectivity index (χ4v) is 0.603. The van der Waals surface area contributed by atoms with Gasteiger partial charge in [0, 0.05) is 6.54 Å². The van der Waals surface area contributed by atoms with E-state index in [-0.39, 0.29) is 12.6 Å². The summed E-state index contributed by atoms with van der Waals surface area (Å²) < 4.78 is 0. The van der Waals surface area contributed by atoms with Crippen LogP contribution in [0, 0.1) is 0 Å². The highest BCUT2D eigenvalue weighted by Gasteiger charge is 2.19. The van der Waals surface area contributed by atoms with Gasteiger partial charge in [-0.2, -0.15) is 0 Å². The van der Waals surface area contributed by atoms with Crippen molar-refractivity contribution in [3.8, 4) is 0 Å². The quantitative estimate of drug-likeness (QED) is 0.472. The Balaban J connectivity index is 3.52. The van der Waals surface area contributed by atoms with E-state index in [1.54, 1.807) is 6.92 Å². The van der Waals surface area contributed by atoms with Gasteiger partial charge < -0.3 is 10.4 Å². The molecule has 2 radical (unpaired) electrons. The van der Waals surface area contributed by atoms with E-state index in [0.29, 0.717) is 12.9 Å². The molecule has 11 heavy (non-hydrogen) atoms. The maximum absolute atomic E-state index is 8.78. The third kappa shape index (κ3) is 5.53. The Morgan fingerprint density at radius 3 is 2.64 bits per heavy atom. The molecule has 2 nitrogen and oxygen atoms in total. The van der Waals surface area contributed by atoms with Crippen molar-refractivity contribution in [2.75, 3.05) is 13.2 Å². The molecule has 2 unspecified atom stereocenters. The number of alkyl halides is 1. The molecule has 0 aliphatic heterocycles. The topological polar surface area (TPSA) is 32.3 Å². The molecule has 0 aromatic rings. The first kappa shape index (κ1) is 11.3. The fraction of sp³-hybridized carbons (Fsp3) is 1.00. The van der Waals surface area contributed by atoms with Gasteiger partial charge in [0.1, 0.15) is 0 Å². The number of hydrogen-bond donors (Lipinski definition) is 2. The van der Waals surface area contributed by atoms with E-state index < -0.39 is 4.87 Å². The molecule has 0 spiro atoms. The van der Waals surface area contributed by atoms with Crippen LogP contribution in [-0.2, 0) is 0 Å². The Labute approximate surface area is 74.7 Å². The summed E-state index contributed by atoms with van der Waals surface area (Å²) in [5, 5.41) is 11.9. The molecule has 0 aromatic carbocycles. The van der Waals surface area contributed by atoms with Gasteiger partial charge >= 0.3 is 0 Å². The van der Waals surface area contributed by atoms with Gasteiger partial charge in [-0.05, 0) is 13.0 Å². The minimum atomic E-state index is -0.566. The van der Waals surface area contributed by atoms with E-state index in [1.165, 1.54) is 0 Å². The van der Waals surface area contributed by atoms with Crippen molar-refractivity contribution < 1.29 is 5.11 Å². The Kier molecular flexibility index (Phi) is 5.14. The van der Waals surface area contributed by atoms with E-state index in [9.17, 15) is 0 Å². The molecule has 0 heterocycles. The summed E-state index contributed by atoms with van der Waals surface area (Å²) in [5.41, 5.74) is 0. The monoisotopic (exact) mass is 175 g/mol. The van der Waals surface area contributed by atoms with Gasteiger partial charge in [0.05, 0.1) is 19.3 Å². The van der Waals surface area contributed by atoms with E-state index in [1.807, 2.05) is 6.92 Å². The van der Waals surface area contributed by atoms with Crippen molar-refractivity contribution in [1.29, 1.82) is 0 Å². The van der Waals surface area contributed by atoms with Crippen molar-refractivity contribution >= 4 is 19.4 Å². The zero-order valence-electron chi connectivity index (χ0n) is 7.10. The summed E-state index contributed by atoms with van der Waals surface area (Å²) in [6.45, 7) is 4.30. The maximum Gasteiger partial charge on any atom is 0.0772 e. The van der Waals surface area contributed by atoms with Crippen LogP contribution in [-0.4, -0.2) is 37.0 Å². The second-order valence-corrected chi connectivity index (χ2v) is 4.00. The Hall–Kier alpha value is 0.275. The van der Waals surface area contributed by atoms with Crippen LogP contribution in [0.1, 0.15) is 13.8 Å². The lowest BCUT2D eigenvalue weighted by Gasteiger charge is -2.22. The van der Waals surface area contributed by atoms with E-state index in [2.05, 4.69) is 5.32 Å². The Morgan fingerprint density at radius 2 is 2.27 bits per heavy atom. The largest absolute Gasteiger partial charge is 0.395 e. The van der Waals surface area contributed by atoms with Crippen LogP contribution < -0.4 is 5.32 Å². The molecule has 0 aliphatic rings. The predicted octanol–water partition coefficient (Wildman–Crippen LogP) is 0.541. The molecule has 4 heteroatoms. The lowest BCUT2D eigenvalue weighted by molar-refractivity contribution is 0.247. The van der Waals surface area contributed by atoms with E-state index in [4.69, 9.17) is 24.6 Å². The minimum Gasteiger partial charge on any atom is -0.395 e. The van der Waals surface area contributed by atoms with E-state index >= 15 is 0 Å². The normalized spacial score (nSPS) is 19.3. The smallest absolute Gasteiger partial charge is 0.0772 e. The lowest BCUT2D eigenvalue weighted by atomic mass is 9.98. The van der Waals surface area contributed by atoms with Crippen LogP contribution in [0.3, 0.4) is 0 Å². The molecule has 0 aromatic heterocycles. The molecule has 64 valence electrons. The molecular formula is C7H15BClNO. The second kappa shape index (κ2) is 5.02. The molecule has 0 aliphatic carbocycles. The average molecular weight is 175 g/mol. The Morgan fingerprint density at radius 1 is 1.73 bits per heavy atom. The predicted molar refractivity (Wildman–Crippen MR) is 49.4 cm³/mol. The highest BCUT2D eigenvalue weighted by atomic mass is 35.5. The second-order valence-electron chi connectivity index (χ2n) is 3.09. The molecular weight excluding hydrogens is 160 g/mol. The van der Waals surface area contributed by atoms with Gasteiger partial charge in [-0.1, -0.05) is 13.2 Å². The standard InChI is InChI=1S/C7H15BClNO/c1-6(3-8)10-4-7(2,9)5-11/h6,10-11H,3-5H2,1-2H3.